The molecule has 0 saturated heterocycles. The lowest BCUT2D eigenvalue weighted by Gasteiger charge is -2.09. The van der Waals surface area contributed by atoms with Crippen LogP contribution in [0.2, 0.25) is 0 Å². The van der Waals surface area contributed by atoms with Gasteiger partial charge in [0.2, 0.25) is 0 Å². The summed E-state index contributed by atoms with van der Waals surface area (Å²) < 4.78 is 25.2. The van der Waals surface area contributed by atoms with Gasteiger partial charge in [0.05, 0.1) is 29.3 Å². The van der Waals surface area contributed by atoms with Crippen molar-refractivity contribution >= 4 is 17.6 Å². The number of carboxylic acid groups (broad SMARTS) is 1. The second kappa shape index (κ2) is 5.55. The molecule has 1 rings (SSSR count). The number of halogens is 3. The summed E-state index contributed by atoms with van der Waals surface area (Å²) in [4.78, 5) is 14.2. The average Bonchev–Trinajstić information content (AvgIpc) is 2.27. The second-order valence-corrected chi connectivity index (χ2v) is 3.40. The third kappa shape index (κ3) is 3.11. The molecule has 17 heavy (non-hydrogen) atoms. The molecule has 0 saturated carbocycles. The van der Waals surface area contributed by atoms with E-state index in [2.05, 4.69) is 4.98 Å². The number of nitriles is 1. The Hall–Kier alpha value is -1.74. The first-order valence-electron chi connectivity index (χ1n) is 4.48. The van der Waals surface area contributed by atoms with E-state index < -0.39 is 24.4 Å². The van der Waals surface area contributed by atoms with Gasteiger partial charge in [0.1, 0.15) is 6.07 Å². The monoisotopic (exact) mass is 260 g/mol. The summed E-state index contributed by atoms with van der Waals surface area (Å²) in [6, 6.07) is 2.58. The highest BCUT2D eigenvalue weighted by atomic mass is 35.5. The molecule has 0 atom stereocenters. The normalized spacial score (nSPS) is 10.3. The number of nitrogens with zero attached hydrogens (tertiary/aromatic N) is 2. The fraction of sp³-hybridized carbons (Fsp3) is 0.300. The SMILES string of the molecule is N#Cc1cc(C(F)F)c(CCl)nc1CC(=O)O. The summed E-state index contributed by atoms with van der Waals surface area (Å²) in [7, 11) is 0. The van der Waals surface area contributed by atoms with Gasteiger partial charge in [0, 0.05) is 5.56 Å². The smallest absolute Gasteiger partial charge is 0.309 e. The van der Waals surface area contributed by atoms with Crippen LogP contribution in [0.1, 0.15) is 28.9 Å². The standard InChI is InChI=1S/C10H7ClF2N2O2/c11-3-8-6(10(12)13)1-5(4-14)7(15-8)2-9(16)17/h1,10H,2-3H2,(H,16,17). The Labute approximate surface area is 100 Å². The molecule has 4 nitrogen and oxygen atoms in total. The third-order valence-corrected chi connectivity index (χ3v) is 2.27. The molecule has 1 aromatic rings. The molecule has 0 spiro atoms. The number of carbonyl (C=O) groups is 1. The summed E-state index contributed by atoms with van der Waals surface area (Å²) in [6.45, 7) is 0. The molecule has 0 aliphatic rings. The highest BCUT2D eigenvalue weighted by molar-refractivity contribution is 6.17. The van der Waals surface area contributed by atoms with Crippen LogP contribution in [0.15, 0.2) is 6.07 Å². The molecule has 0 bridgehead atoms. The van der Waals surface area contributed by atoms with Crippen molar-refractivity contribution in [2.45, 2.75) is 18.7 Å². The maximum absolute atomic E-state index is 12.6. The number of rotatable bonds is 4. The molecule has 0 fully saturated rings. The number of aromatic nitrogens is 1. The second-order valence-electron chi connectivity index (χ2n) is 3.14. The van der Waals surface area contributed by atoms with Crippen molar-refractivity contribution in [1.82, 2.24) is 4.98 Å². The molecule has 7 heteroatoms. The lowest BCUT2D eigenvalue weighted by molar-refractivity contribution is -0.136. The number of carboxylic acids is 1. The van der Waals surface area contributed by atoms with E-state index >= 15 is 0 Å². The van der Waals surface area contributed by atoms with Crippen molar-refractivity contribution in [2.24, 2.45) is 0 Å². The van der Waals surface area contributed by atoms with E-state index in [0.29, 0.717) is 0 Å². The van der Waals surface area contributed by atoms with E-state index in [1.807, 2.05) is 0 Å². The van der Waals surface area contributed by atoms with Gasteiger partial charge in [-0.25, -0.2) is 8.78 Å². The van der Waals surface area contributed by atoms with E-state index in [4.69, 9.17) is 22.0 Å². The average molecular weight is 261 g/mol. The Kier molecular flexibility index (Phi) is 4.35. The highest BCUT2D eigenvalue weighted by Gasteiger charge is 2.19. The van der Waals surface area contributed by atoms with Gasteiger partial charge in [-0.15, -0.1) is 11.6 Å². The van der Waals surface area contributed by atoms with Crippen LogP contribution in [0, 0.1) is 11.3 Å². The van der Waals surface area contributed by atoms with Crippen LogP contribution in [0.4, 0.5) is 8.78 Å². The molecule has 0 aliphatic carbocycles. The minimum atomic E-state index is -2.80. The summed E-state index contributed by atoms with van der Waals surface area (Å²) in [5.41, 5.74) is -0.765. The van der Waals surface area contributed by atoms with Gasteiger partial charge in [0.25, 0.3) is 6.43 Å². The first-order chi connectivity index (χ1) is 7.99. The summed E-state index contributed by atoms with van der Waals surface area (Å²) in [5, 5.41) is 17.3. The number of aliphatic carboxylic acids is 1. The van der Waals surface area contributed by atoms with E-state index in [1.54, 1.807) is 6.07 Å². The Bertz CT molecular complexity index is 486. The van der Waals surface area contributed by atoms with Gasteiger partial charge in [0.15, 0.2) is 0 Å². The summed E-state index contributed by atoms with van der Waals surface area (Å²) >= 11 is 5.45. The number of hydrogen-bond acceptors (Lipinski definition) is 3. The van der Waals surface area contributed by atoms with Crippen LogP contribution in [0.5, 0.6) is 0 Å². The van der Waals surface area contributed by atoms with Crippen molar-refractivity contribution in [2.75, 3.05) is 0 Å². The fourth-order valence-electron chi connectivity index (χ4n) is 1.28. The van der Waals surface area contributed by atoms with E-state index in [-0.39, 0.29) is 22.8 Å². The third-order valence-electron chi connectivity index (χ3n) is 2.01. The predicted octanol–water partition coefficient (Wildman–Crippen LogP) is 2.26. The Balaban J connectivity index is 3.33. The molecule has 0 aliphatic heterocycles. The molecule has 0 amide bonds. The summed E-state index contributed by atoms with van der Waals surface area (Å²) in [5.74, 6) is -1.46. The molecule has 1 aromatic heterocycles. The van der Waals surface area contributed by atoms with Crippen molar-refractivity contribution in [3.05, 3.63) is 28.6 Å². The largest absolute Gasteiger partial charge is 0.481 e. The Morgan fingerprint density at radius 2 is 2.24 bits per heavy atom. The van der Waals surface area contributed by atoms with Crippen LogP contribution in [0.25, 0.3) is 0 Å². The van der Waals surface area contributed by atoms with Crippen LogP contribution in [-0.2, 0) is 17.1 Å². The van der Waals surface area contributed by atoms with Crippen LogP contribution < -0.4 is 0 Å². The molecule has 0 unspecified atom stereocenters. The molecular formula is C10H7ClF2N2O2. The van der Waals surface area contributed by atoms with Gasteiger partial charge >= 0.3 is 5.97 Å². The van der Waals surface area contributed by atoms with E-state index in [0.717, 1.165) is 6.07 Å². The molecule has 0 radical (unpaired) electrons. The van der Waals surface area contributed by atoms with Crippen molar-refractivity contribution in [3.63, 3.8) is 0 Å². The van der Waals surface area contributed by atoms with Gasteiger partial charge in [-0.2, -0.15) is 5.26 Å². The zero-order chi connectivity index (χ0) is 13.0. The van der Waals surface area contributed by atoms with E-state index in [1.165, 1.54) is 0 Å². The van der Waals surface area contributed by atoms with Crippen molar-refractivity contribution < 1.29 is 18.7 Å². The van der Waals surface area contributed by atoms with Gasteiger partial charge < -0.3 is 5.11 Å². The lowest BCUT2D eigenvalue weighted by atomic mass is 10.1. The first kappa shape index (κ1) is 13.3. The fourth-order valence-corrected chi connectivity index (χ4v) is 1.49. The molecular weight excluding hydrogens is 254 g/mol. The Morgan fingerprint density at radius 3 is 2.65 bits per heavy atom. The molecule has 1 heterocycles. The zero-order valence-corrected chi connectivity index (χ0v) is 9.21. The van der Waals surface area contributed by atoms with Crippen molar-refractivity contribution in [1.29, 1.82) is 5.26 Å². The predicted molar refractivity (Wildman–Crippen MR) is 54.8 cm³/mol. The van der Waals surface area contributed by atoms with Crippen LogP contribution in [-0.4, -0.2) is 16.1 Å². The summed E-state index contributed by atoms with van der Waals surface area (Å²) in [6.07, 6.45) is -3.31. The topological polar surface area (TPSA) is 74.0 Å². The number of pyridine rings is 1. The van der Waals surface area contributed by atoms with E-state index in [9.17, 15) is 13.6 Å². The molecule has 1 N–H and O–H groups in total. The van der Waals surface area contributed by atoms with Crippen LogP contribution >= 0.6 is 11.6 Å². The highest BCUT2D eigenvalue weighted by Crippen LogP contribution is 2.25. The van der Waals surface area contributed by atoms with Crippen LogP contribution in [0.3, 0.4) is 0 Å². The van der Waals surface area contributed by atoms with Gasteiger partial charge in [-0.3, -0.25) is 9.78 Å². The lowest BCUT2D eigenvalue weighted by Crippen LogP contribution is -2.09. The minimum Gasteiger partial charge on any atom is -0.481 e. The van der Waals surface area contributed by atoms with Gasteiger partial charge in [-0.1, -0.05) is 0 Å². The Morgan fingerprint density at radius 1 is 1.59 bits per heavy atom. The number of alkyl halides is 3. The molecule has 0 aromatic carbocycles. The maximum atomic E-state index is 12.6. The molecule has 90 valence electrons. The quantitative estimate of drug-likeness (QED) is 0.843. The van der Waals surface area contributed by atoms with Gasteiger partial charge in [-0.05, 0) is 6.07 Å². The van der Waals surface area contributed by atoms with Crippen molar-refractivity contribution in [3.8, 4) is 6.07 Å². The first-order valence-corrected chi connectivity index (χ1v) is 5.01. The number of hydrogen-bond donors (Lipinski definition) is 1. The zero-order valence-electron chi connectivity index (χ0n) is 8.45. The maximum Gasteiger partial charge on any atom is 0.309 e. The minimum absolute atomic E-state index is 0.0555.